The molecule has 0 aliphatic carbocycles. The summed E-state index contributed by atoms with van der Waals surface area (Å²) in [6.45, 7) is 2.74. The summed E-state index contributed by atoms with van der Waals surface area (Å²) < 4.78 is 5.32. The summed E-state index contributed by atoms with van der Waals surface area (Å²) in [6.07, 6.45) is 1.71. The van der Waals surface area contributed by atoms with Crippen LogP contribution in [-0.2, 0) is 5.75 Å². The van der Waals surface area contributed by atoms with Crippen LogP contribution in [0.25, 0.3) is 0 Å². The fourth-order valence-electron chi connectivity index (χ4n) is 1.66. The molecular formula is C14H17NOS. The Kier molecular flexibility index (Phi) is 4.29. The molecule has 90 valence electrons. The molecule has 0 fully saturated rings. The molecule has 1 aromatic heterocycles. The monoisotopic (exact) mass is 247 g/mol. The average molecular weight is 247 g/mol. The van der Waals surface area contributed by atoms with Gasteiger partial charge in [-0.1, -0.05) is 29.8 Å². The average Bonchev–Trinajstić information content (AvgIpc) is 2.85. The SMILES string of the molecule is Cc1ccc(C(CN)SCc2ccco2)cc1. The molecule has 0 amide bonds. The van der Waals surface area contributed by atoms with E-state index in [9.17, 15) is 0 Å². The van der Waals surface area contributed by atoms with Gasteiger partial charge in [-0.25, -0.2) is 0 Å². The van der Waals surface area contributed by atoms with Gasteiger partial charge in [0.2, 0.25) is 0 Å². The van der Waals surface area contributed by atoms with Crippen LogP contribution in [0.5, 0.6) is 0 Å². The van der Waals surface area contributed by atoms with Gasteiger partial charge in [0.25, 0.3) is 0 Å². The molecule has 0 bridgehead atoms. The third-order valence-corrected chi connectivity index (χ3v) is 3.99. The first-order chi connectivity index (χ1) is 8.29. The van der Waals surface area contributed by atoms with Crippen molar-refractivity contribution in [3.63, 3.8) is 0 Å². The minimum absolute atomic E-state index is 0.334. The summed E-state index contributed by atoms with van der Waals surface area (Å²) in [5, 5.41) is 0.334. The first-order valence-corrected chi connectivity index (χ1v) is 6.75. The Balaban J connectivity index is 1.99. The van der Waals surface area contributed by atoms with E-state index in [1.165, 1.54) is 11.1 Å². The first kappa shape index (κ1) is 12.3. The van der Waals surface area contributed by atoms with Gasteiger partial charge in [0.05, 0.1) is 12.0 Å². The van der Waals surface area contributed by atoms with E-state index >= 15 is 0 Å². The second kappa shape index (κ2) is 5.94. The van der Waals surface area contributed by atoms with Crippen molar-refractivity contribution in [3.8, 4) is 0 Å². The Morgan fingerprint density at radius 1 is 1.24 bits per heavy atom. The number of rotatable bonds is 5. The number of hydrogen-bond acceptors (Lipinski definition) is 3. The molecule has 0 saturated heterocycles. The van der Waals surface area contributed by atoms with Crippen LogP contribution in [0.2, 0.25) is 0 Å². The van der Waals surface area contributed by atoms with Gasteiger partial charge >= 0.3 is 0 Å². The highest BCUT2D eigenvalue weighted by atomic mass is 32.2. The molecule has 1 atom stereocenters. The zero-order chi connectivity index (χ0) is 12.1. The molecule has 2 N–H and O–H groups in total. The Labute approximate surface area is 106 Å². The Bertz CT molecular complexity index is 436. The minimum atomic E-state index is 0.334. The summed E-state index contributed by atoms with van der Waals surface area (Å²) in [5.41, 5.74) is 8.40. The van der Waals surface area contributed by atoms with Gasteiger partial charge in [-0.05, 0) is 24.6 Å². The van der Waals surface area contributed by atoms with Crippen LogP contribution in [0.4, 0.5) is 0 Å². The molecule has 2 rings (SSSR count). The first-order valence-electron chi connectivity index (χ1n) is 5.70. The lowest BCUT2D eigenvalue weighted by molar-refractivity contribution is 0.530. The number of furan rings is 1. The van der Waals surface area contributed by atoms with Crippen molar-refractivity contribution >= 4 is 11.8 Å². The second-order valence-electron chi connectivity index (χ2n) is 4.03. The zero-order valence-corrected chi connectivity index (χ0v) is 10.7. The van der Waals surface area contributed by atoms with E-state index in [1.807, 2.05) is 23.9 Å². The quantitative estimate of drug-likeness (QED) is 0.878. The normalized spacial score (nSPS) is 12.6. The zero-order valence-electron chi connectivity index (χ0n) is 9.93. The van der Waals surface area contributed by atoms with Crippen LogP contribution in [0.1, 0.15) is 22.1 Å². The van der Waals surface area contributed by atoms with Gasteiger partial charge in [0.15, 0.2) is 0 Å². The second-order valence-corrected chi connectivity index (χ2v) is 5.22. The van der Waals surface area contributed by atoms with E-state index in [0.29, 0.717) is 11.8 Å². The molecule has 1 heterocycles. The molecule has 17 heavy (non-hydrogen) atoms. The van der Waals surface area contributed by atoms with Crippen LogP contribution in [-0.4, -0.2) is 6.54 Å². The molecule has 0 aliphatic heterocycles. The maximum atomic E-state index is 5.83. The van der Waals surface area contributed by atoms with Gasteiger partial charge in [-0.3, -0.25) is 0 Å². The number of aryl methyl sites for hydroxylation is 1. The van der Waals surface area contributed by atoms with E-state index in [-0.39, 0.29) is 0 Å². The Morgan fingerprint density at radius 2 is 2.00 bits per heavy atom. The molecule has 1 aromatic carbocycles. The van der Waals surface area contributed by atoms with Crippen LogP contribution in [0.3, 0.4) is 0 Å². The summed E-state index contributed by atoms with van der Waals surface area (Å²) in [5.74, 6) is 1.86. The summed E-state index contributed by atoms with van der Waals surface area (Å²) in [7, 11) is 0. The van der Waals surface area contributed by atoms with Gasteiger partial charge in [-0.15, -0.1) is 11.8 Å². The lowest BCUT2D eigenvalue weighted by atomic mass is 10.1. The van der Waals surface area contributed by atoms with E-state index in [1.54, 1.807) is 6.26 Å². The minimum Gasteiger partial charge on any atom is -0.468 e. The number of thioether (sulfide) groups is 1. The van der Waals surface area contributed by atoms with Crippen molar-refractivity contribution in [2.24, 2.45) is 5.73 Å². The van der Waals surface area contributed by atoms with Crippen molar-refractivity contribution in [3.05, 3.63) is 59.5 Å². The Morgan fingerprint density at radius 3 is 2.59 bits per heavy atom. The summed E-state index contributed by atoms with van der Waals surface area (Å²) in [6, 6.07) is 12.5. The standard InChI is InChI=1S/C14H17NOS/c1-11-4-6-12(7-5-11)14(9-15)17-10-13-3-2-8-16-13/h2-8,14H,9-10,15H2,1H3. The van der Waals surface area contributed by atoms with Gasteiger partial charge in [0, 0.05) is 11.8 Å². The Hall–Kier alpha value is -1.19. The fraction of sp³-hybridized carbons (Fsp3) is 0.286. The maximum Gasteiger partial charge on any atom is 0.113 e. The van der Waals surface area contributed by atoms with Crippen LogP contribution < -0.4 is 5.73 Å². The lowest BCUT2D eigenvalue weighted by Gasteiger charge is -2.14. The number of hydrogen-bond donors (Lipinski definition) is 1. The topological polar surface area (TPSA) is 39.2 Å². The molecule has 2 aromatic rings. The highest BCUT2D eigenvalue weighted by Crippen LogP contribution is 2.30. The molecule has 0 saturated carbocycles. The van der Waals surface area contributed by atoms with Crippen molar-refractivity contribution in [1.29, 1.82) is 0 Å². The van der Waals surface area contributed by atoms with E-state index in [2.05, 4.69) is 31.2 Å². The fourth-order valence-corrected chi connectivity index (χ4v) is 2.67. The predicted molar refractivity (Wildman–Crippen MR) is 73.0 cm³/mol. The molecule has 0 radical (unpaired) electrons. The third-order valence-electron chi connectivity index (χ3n) is 2.67. The van der Waals surface area contributed by atoms with Crippen molar-refractivity contribution < 1.29 is 4.42 Å². The largest absolute Gasteiger partial charge is 0.468 e. The molecule has 0 aliphatic rings. The van der Waals surface area contributed by atoms with E-state index < -0.39 is 0 Å². The van der Waals surface area contributed by atoms with Gasteiger partial charge in [0.1, 0.15) is 5.76 Å². The lowest BCUT2D eigenvalue weighted by Crippen LogP contribution is -2.09. The van der Waals surface area contributed by atoms with Gasteiger partial charge in [-0.2, -0.15) is 0 Å². The molecule has 3 heteroatoms. The smallest absolute Gasteiger partial charge is 0.113 e. The molecular weight excluding hydrogens is 230 g/mol. The van der Waals surface area contributed by atoms with Crippen molar-refractivity contribution in [2.45, 2.75) is 17.9 Å². The van der Waals surface area contributed by atoms with Gasteiger partial charge < -0.3 is 10.2 Å². The highest BCUT2D eigenvalue weighted by Gasteiger charge is 2.10. The molecule has 0 spiro atoms. The molecule has 2 nitrogen and oxygen atoms in total. The van der Waals surface area contributed by atoms with Crippen LogP contribution in [0, 0.1) is 6.92 Å². The van der Waals surface area contributed by atoms with Crippen LogP contribution in [0.15, 0.2) is 47.1 Å². The molecule has 1 unspecified atom stereocenters. The van der Waals surface area contributed by atoms with E-state index in [4.69, 9.17) is 10.2 Å². The van der Waals surface area contributed by atoms with Crippen molar-refractivity contribution in [2.75, 3.05) is 6.54 Å². The highest BCUT2D eigenvalue weighted by molar-refractivity contribution is 7.98. The van der Waals surface area contributed by atoms with E-state index in [0.717, 1.165) is 11.5 Å². The summed E-state index contributed by atoms with van der Waals surface area (Å²) in [4.78, 5) is 0. The maximum absolute atomic E-state index is 5.83. The predicted octanol–water partition coefficient (Wildman–Crippen LogP) is 3.52. The number of nitrogens with two attached hydrogens (primary N) is 1. The van der Waals surface area contributed by atoms with Crippen LogP contribution >= 0.6 is 11.8 Å². The number of benzene rings is 1. The third kappa shape index (κ3) is 3.38. The summed E-state index contributed by atoms with van der Waals surface area (Å²) >= 11 is 1.82. The van der Waals surface area contributed by atoms with Crippen molar-refractivity contribution in [1.82, 2.24) is 0 Å².